The Morgan fingerprint density at radius 2 is 1.67 bits per heavy atom. The Bertz CT molecular complexity index is 1310. The van der Waals surface area contributed by atoms with Gasteiger partial charge in [-0.25, -0.2) is 12.8 Å². The van der Waals surface area contributed by atoms with Gasteiger partial charge in [0.25, 0.3) is 0 Å². The highest BCUT2D eigenvalue weighted by molar-refractivity contribution is 9.10. The summed E-state index contributed by atoms with van der Waals surface area (Å²) in [5.74, 6) is -1.16. The third-order valence-electron chi connectivity index (χ3n) is 4.96. The highest BCUT2D eigenvalue weighted by Gasteiger charge is 2.36. The maximum Gasteiger partial charge on any atom is 0.214 e. The molecular weight excluding hydrogens is 469 g/mol. The van der Waals surface area contributed by atoms with E-state index in [-0.39, 0.29) is 15.5 Å². The largest absolute Gasteiger partial charge is 0.314 e. The molecule has 4 rings (SSSR count). The summed E-state index contributed by atoms with van der Waals surface area (Å²) in [5.41, 5.74) is 2.75. The van der Waals surface area contributed by atoms with E-state index in [4.69, 9.17) is 0 Å². The standard InChI is InChI=1S/C23H17BrFNO3S/c1-14-3-9-19(15(2)11-14)23(27)22-13-26(18-7-4-16(24)5-8-18)20-12-17(25)6-10-21(20)30(22,28)29/h3-13H,1-2H3. The molecule has 1 aliphatic rings. The predicted octanol–water partition coefficient (Wildman–Crippen LogP) is 5.85. The molecule has 1 heterocycles. The summed E-state index contributed by atoms with van der Waals surface area (Å²) in [6, 6.07) is 15.8. The summed E-state index contributed by atoms with van der Waals surface area (Å²) in [5, 5.41) is 0. The summed E-state index contributed by atoms with van der Waals surface area (Å²) >= 11 is 3.37. The van der Waals surface area contributed by atoms with E-state index in [2.05, 4.69) is 15.9 Å². The molecule has 0 spiro atoms. The van der Waals surface area contributed by atoms with Gasteiger partial charge in [-0.3, -0.25) is 4.79 Å². The molecule has 3 aromatic carbocycles. The number of hydrogen-bond donors (Lipinski definition) is 0. The first-order valence-corrected chi connectivity index (χ1v) is 11.4. The van der Waals surface area contributed by atoms with E-state index in [0.717, 1.165) is 22.2 Å². The van der Waals surface area contributed by atoms with Crippen LogP contribution in [0.5, 0.6) is 0 Å². The molecule has 0 saturated heterocycles. The van der Waals surface area contributed by atoms with Crippen LogP contribution >= 0.6 is 15.9 Å². The maximum atomic E-state index is 14.0. The number of carbonyl (C=O) groups is 1. The molecule has 1 aliphatic heterocycles. The zero-order valence-electron chi connectivity index (χ0n) is 16.2. The molecule has 0 aromatic heterocycles. The molecule has 0 fully saturated rings. The number of halogens is 2. The number of carbonyl (C=O) groups excluding carboxylic acids is 1. The molecule has 0 saturated carbocycles. The van der Waals surface area contributed by atoms with Crippen LogP contribution in [0, 0.1) is 19.7 Å². The van der Waals surface area contributed by atoms with Crippen LogP contribution in [-0.4, -0.2) is 14.2 Å². The van der Waals surface area contributed by atoms with Crippen molar-refractivity contribution >= 4 is 42.9 Å². The van der Waals surface area contributed by atoms with Crippen molar-refractivity contribution in [3.8, 4) is 0 Å². The number of sulfone groups is 1. The fraction of sp³-hybridized carbons (Fsp3) is 0.0870. The molecule has 0 bridgehead atoms. The van der Waals surface area contributed by atoms with Gasteiger partial charge < -0.3 is 4.90 Å². The van der Waals surface area contributed by atoms with E-state index < -0.39 is 21.4 Å². The van der Waals surface area contributed by atoms with Crippen LogP contribution in [0.15, 0.2) is 81.1 Å². The Hall–Kier alpha value is -2.77. The quantitative estimate of drug-likeness (QED) is 0.344. The molecule has 4 nitrogen and oxygen atoms in total. The Balaban J connectivity index is 1.94. The summed E-state index contributed by atoms with van der Waals surface area (Å²) < 4.78 is 41.4. The van der Waals surface area contributed by atoms with Gasteiger partial charge in [-0.1, -0.05) is 39.7 Å². The Labute approximate surface area is 182 Å². The zero-order chi connectivity index (χ0) is 21.6. The smallest absolute Gasteiger partial charge is 0.214 e. The van der Waals surface area contributed by atoms with Crippen molar-refractivity contribution in [1.29, 1.82) is 0 Å². The zero-order valence-corrected chi connectivity index (χ0v) is 18.6. The molecule has 3 aromatic rings. The maximum absolute atomic E-state index is 14.0. The van der Waals surface area contributed by atoms with Crippen molar-refractivity contribution in [2.24, 2.45) is 0 Å². The normalized spacial score (nSPS) is 14.8. The SMILES string of the molecule is Cc1ccc(C(=O)C2=CN(c3ccc(Br)cc3)c3cc(F)ccc3S2(=O)=O)c(C)c1. The van der Waals surface area contributed by atoms with Gasteiger partial charge in [-0.05, 0) is 61.9 Å². The van der Waals surface area contributed by atoms with Crippen LogP contribution in [0.2, 0.25) is 0 Å². The molecule has 0 unspecified atom stereocenters. The number of anilines is 2. The van der Waals surface area contributed by atoms with Gasteiger partial charge in [0.1, 0.15) is 10.7 Å². The Kier molecular flexibility index (Phi) is 5.11. The van der Waals surface area contributed by atoms with Crippen LogP contribution in [0.4, 0.5) is 15.8 Å². The first kappa shape index (κ1) is 20.5. The summed E-state index contributed by atoms with van der Waals surface area (Å²) in [7, 11) is -4.13. The second-order valence-electron chi connectivity index (χ2n) is 7.10. The monoisotopic (exact) mass is 485 g/mol. The van der Waals surface area contributed by atoms with E-state index in [1.165, 1.54) is 17.2 Å². The lowest BCUT2D eigenvalue weighted by molar-refractivity contribution is 0.104. The molecule has 0 radical (unpaired) electrons. The number of aryl methyl sites for hydroxylation is 2. The minimum absolute atomic E-state index is 0.109. The fourth-order valence-electron chi connectivity index (χ4n) is 3.48. The lowest BCUT2D eigenvalue weighted by Gasteiger charge is -2.29. The first-order valence-electron chi connectivity index (χ1n) is 9.12. The van der Waals surface area contributed by atoms with E-state index in [9.17, 15) is 17.6 Å². The Morgan fingerprint density at radius 3 is 2.33 bits per heavy atom. The number of benzene rings is 3. The van der Waals surface area contributed by atoms with Gasteiger partial charge in [0, 0.05) is 21.9 Å². The van der Waals surface area contributed by atoms with Crippen LogP contribution in [0.3, 0.4) is 0 Å². The van der Waals surface area contributed by atoms with Crippen LogP contribution in [-0.2, 0) is 9.84 Å². The van der Waals surface area contributed by atoms with Crippen LogP contribution in [0.1, 0.15) is 21.5 Å². The van der Waals surface area contributed by atoms with E-state index in [1.54, 1.807) is 43.3 Å². The highest BCUT2D eigenvalue weighted by Crippen LogP contribution is 2.41. The van der Waals surface area contributed by atoms with E-state index in [1.807, 2.05) is 13.0 Å². The Morgan fingerprint density at radius 1 is 0.967 bits per heavy atom. The van der Waals surface area contributed by atoms with Crippen LogP contribution in [0.25, 0.3) is 0 Å². The van der Waals surface area contributed by atoms with E-state index >= 15 is 0 Å². The van der Waals surface area contributed by atoms with Gasteiger partial charge in [0.15, 0.2) is 0 Å². The van der Waals surface area contributed by atoms with E-state index in [0.29, 0.717) is 16.8 Å². The topological polar surface area (TPSA) is 54.5 Å². The fourth-order valence-corrected chi connectivity index (χ4v) is 5.26. The minimum Gasteiger partial charge on any atom is -0.314 e. The molecule has 0 atom stereocenters. The van der Waals surface area contributed by atoms with Crippen molar-refractivity contribution in [2.75, 3.05) is 4.90 Å². The van der Waals surface area contributed by atoms with Crippen molar-refractivity contribution in [3.05, 3.63) is 98.7 Å². The number of Topliss-reactive ketones (excluding diaryl/α,β-unsaturated/α-hetero) is 1. The second-order valence-corrected chi connectivity index (χ2v) is 9.90. The lowest BCUT2D eigenvalue weighted by Crippen LogP contribution is -2.26. The average molecular weight is 486 g/mol. The van der Waals surface area contributed by atoms with Crippen molar-refractivity contribution in [3.63, 3.8) is 0 Å². The lowest BCUT2D eigenvalue weighted by atomic mass is 10.0. The molecule has 0 N–H and O–H groups in total. The van der Waals surface area contributed by atoms with Crippen molar-refractivity contribution in [1.82, 2.24) is 0 Å². The van der Waals surface area contributed by atoms with Gasteiger partial charge in [-0.15, -0.1) is 0 Å². The first-order chi connectivity index (χ1) is 14.2. The number of hydrogen-bond acceptors (Lipinski definition) is 4. The average Bonchev–Trinajstić information content (AvgIpc) is 2.68. The highest BCUT2D eigenvalue weighted by atomic mass is 79.9. The minimum atomic E-state index is -4.13. The second kappa shape index (κ2) is 7.49. The number of ketones is 1. The number of allylic oxidation sites excluding steroid dienone is 1. The molecule has 30 heavy (non-hydrogen) atoms. The summed E-state index contributed by atoms with van der Waals surface area (Å²) in [6.45, 7) is 3.67. The molecule has 0 aliphatic carbocycles. The van der Waals surface area contributed by atoms with Crippen molar-refractivity contribution < 1.29 is 17.6 Å². The predicted molar refractivity (Wildman–Crippen MR) is 118 cm³/mol. The number of fused-ring (bicyclic) bond motifs is 1. The van der Waals surface area contributed by atoms with Gasteiger partial charge in [0.05, 0.1) is 10.6 Å². The summed E-state index contributed by atoms with van der Waals surface area (Å²) in [6.07, 6.45) is 1.28. The third kappa shape index (κ3) is 3.48. The number of rotatable bonds is 3. The molecular formula is C23H17BrFNO3S. The summed E-state index contributed by atoms with van der Waals surface area (Å²) in [4.78, 5) is 14.4. The molecule has 0 amide bonds. The van der Waals surface area contributed by atoms with Crippen LogP contribution < -0.4 is 4.90 Å². The van der Waals surface area contributed by atoms with Crippen molar-refractivity contribution in [2.45, 2.75) is 18.7 Å². The third-order valence-corrected chi connectivity index (χ3v) is 7.28. The molecule has 152 valence electrons. The number of nitrogens with zero attached hydrogens (tertiary/aromatic N) is 1. The van der Waals surface area contributed by atoms with Gasteiger partial charge in [0.2, 0.25) is 15.6 Å². The van der Waals surface area contributed by atoms with Gasteiger partial charge >= 0.3 is 0 Å². The van der Waals surface area contributed by atoms with Gasteiger partial charge in [-0.2, -0.15) is 0 Å². The molecule has 7 heteroatoms.